The van der Waals surface area contributed by atoms with E-state index in [0.29, 0.717) is 12.1 Å². The third-order valence-corrected chi connectivity index (χ3v) is 2.56. The number of aromatic nitrogens is 4. The van der Waals surface area contributed by atoms with Crippen LogP contribution in [0.2, 0.25) is 0 Å². The van der Waals surface area contributed by atoms with Crippen LogP contribution in [0.3, 0.4) is 0 Å². The van der Waals surface area contributed by atoms with E-state index in [-0.39, 0.29) is 0 Å². The Kier molecular flexibility index (Phi) is 2.42. The number of hydrogen-bond donors (Lipinski definition) is 0. The molecule has 4 nitrogen and oxygen atoms in total. The summed E-state index contributed by atoms with van der Waals surface area (Å²) in [5.41, 5.74) is 2.11. The largest absolute Gasteiger partial charge is 0.308 e. The molecular formula is C11H17N4+. The van der Waals surface area contributed by atoms with E-state index in [1.54, 1.807) is 0 Å². The van der Waals surface area contributed by atoms with Crippen LogP contribution in [0, 0.1) is 0 Å². The highest BCUT2D eigenvalue weighted by Crippen LogP contribution is 2.13. The Labute approximate surface area is 89.6 Å². The maximum absolute atomic E-state index is 4.45. The Balaban J connectivity index is 2.69. The fraction of sp³-hybridized carbons (Fsp3) is 0.545. The lowest BCUT2D eigenvalue weighted by atomic mass is 10.3. The van der Waals surface area contributed by atoms with E-state index in [1.165, 1.54) is 0 Å². The molecule has 15 heavy (non-hydrogen) atoms. The van der Waals surface area contributed by atoms with Gasteiger partial charge in [-0.25, -0.2) is 4.57 Å². The monoisotopic (exact) mass is 205 g/mol. The standard InChI is InChI=1S/C11H17N4/c1-8(2)14-7-13-11-10(14)5-12-6-15(11)9(3)4/h5-9H,1-4H3/q+1. The van der Waals surface area contributed by atoms with Gasteiger partial charge >= 0.3 is 0 Å². The van der Waals surface area contributed by atoms with Gasteiger partial charge in [-0.05, 0) is 27.7 Å². The number of fused-ring (bicyclic) bond motifs is 1. The summed E-state index contributed by atoms with van der Waals surface area (Å²) in [6.45, 7) is 8.56. The molecule has 2 rings (SSSR count). The van der Waals surface area contributed by atoms with Crippen LogP contribution in [-0.4, -0.2) is 14.5 Å². The van der Waals surface area contributed by atoms with E-state index in [0.717, 1.165) is 11.2 Å². The van der Waals surface area contributed by atoms with Gasteiger partial charge in [-0.1, -0.05) is 4.98 Å². The molecule has 4 heteroatoms. The van der Waals surface area contributed by atoms with Crippen molar-refractivity contribution >= 4 is 11.2 Å². The van der Waals surface area contributed by atoms with Crippen LogP contribution >= 0.6 is 0 Å². The summed E-state index contributed by atoms with van der Waals surface area (Å²) in [5, 5.41) is 0. The van der Waals surface area contributed by atoms with Crippen molar-refractivity contribution < 1.29 is 4.57 Å². The smallest absolute Gasteiger partial charge is 0.291 e. The first-order valence-corrected chi connectivity index (χ1v) is 5.33. The molecule has 0 spiro atoms. The zero-order valence-corrected chi connectivity index (χ0v) is 9.68. The molecule has 0 fully saturated rings. The van der Waals surface area contributed by atoms with E-state index in [1.807, 2.05) is 18.9 Å². The van der Waals surface area contributed by atoms with Gasteiger partial charge < -0.3 is 4.57 Å². The molecule has 0 radical (unpaired) electrons. The summed E-state index contributed by atoms with van der Waals surface area (Å²) in [5.74, 6) is 0. The molecule has 0 atom stereocenters. The molecule has 0 saturated heterocycles. The molecule has 0 aliphatic heterocycles. The Morgan fingerprint density at radius 1 is 1.27 bits per heavy atom. The Morgan fingerprint density at radius 2 is 2.00 bits per heavy atom. The number of rotatable bonds is 2. The van der Waals surface area contributed by atoms with E-state index in [4.69, 9.17) is 0 Å². The van der Waals surface area contributed by atoms with Gasteiger partial charge in [-0.3, -0.25) is 0 Å². The first-order valence-electron chi connectivity index (χ1n) is 5.33. The normalized spacial score (nSPS) is 11.9. The third kappa shape index (κ3) is 1.60. The highest BCUT2D eigenvalue weighted by atomic mass is 15.2. The van der Waals surface area contributed by atoms with E-state index in [9.17, 15) is 0 Å². The van der Waals surface area contributed by atoms with Crippen molar-refractivity contribution in [2.75, 3.05) is 0 Å². The molecule has 0 saturated carbocycles. The Hall–Kier alpha value is -1.45. The van der Waals surface area contributed by atoms with E-state index >= 15 is 0 Å². The third-order valence-electron chi connectivity index (χ3n) is 2.56. The summed E-state index contributed by atoms with van der Waals surface area (Å²) in [7, 11) is 0. The number of imidazole rings is 1. The summed E-state index contributed by atoms with van der Waals surface area (Å²) in [6.07, 6.45) is 5.60. The summed E-state index contributed by atoms with van der Waals surface area (Å²) in [4.78, 5) is 8.70. The van der Waals surface area contributed by atoms with Crippen LogP contribution in [0.1, 0.15) is 39.8 Å². The van der Waals surface area contributed by atoms with Crippen LogP contribution in [0.15, 0.2) is 18.9 Å². The Morgan fingerprint density at radius 3 is 2.60 bits per heavy atom. The molecule has 0 bridgehead atoms. The van der Waals surface area contributed by atoms with Crippen molar-refractivity contribution in [2.24, 2.45) is 0 Å². The van der Waals surface area contributed by atoms with Crippen molar-refractivity contribution in [1.82, 2.24) is 14.5 Å². The average Bonchev–Trinajstić information content (AvgIpc) is 2.59. The van der Waals surface area contributed by atoms with Gasteiger partial charge in [0, 0.05) is 6.04 Å². The van der Waals surface area contributed by atoms with Crippen LogP contribution in [0.5, 0.6) is 0 Å². The lowest BCUT2D eigenvalue weighted by Gasteiger charge is -2.07. The molecule has 0 aromatic carbocycles. The van der Waals surface area contributed by atoms with E-state index < -0.39 is 0 Å². The zero-order chi connectivity index (χ0) is 11.0. The molecule has 80 valence electrons. The molecule has 0 unspecified atom stereocenters. The summed E-state index contributed by atoms with van der Waals surface area (Å²) in [6, 6.07) is 0.802. The summed E-state index contributed by atoms with van der Waals surface area (Å²) >= 11 is 0. The maximum Gasteiger partial charge on any atom is 0.291 e. The fourth-order valence-electron chi connectivity index (χ4n) is 1.70. The second-order valence-electron chi connectivity index (χ2n) is 4.35. The molecule has 0 amide bonds. The minimum atomic E-state index is 0.386. The van der Waals surface area contributed by atoms with Crippen LogP contribution < -0.4 is 4.57 Å². The topological polar surface area (TPSA) is 34.6 Å². The zero-order valence-electron chi connectivity index (χ0n) is 9.68. The summed E-state index contributed by atoms with van der Waals surface area (Å²) < 4.78 is 4.23. The average molecular weight is 205 g/mol. The second kappa shape index (κ2) is 3.61. The molecule has 0 N–H and O–H groups in total. The van der Waals surface area contributed by atoms with Gasteiger partial charge in [0.25, 0.3) is 5.65 Å². The van der Waals surface area contributed by atoms with Crippen LogP contribution in [-0.2, 0) is 0 Å². The molecular weight excluding hydrogens is 188 g/mol. The first kappa shape index (κ1) is 10.1. The second-order valence-corrected chi connectivity index (χ2v) is 4.35. The van der Waals surface area contributed by atoms with Gasteiger partial charge in [-0.2, -0.15) is 0 Å². The highest BCUT2D eigenvalue weighted by molar-refractivity contribution is 5.66. The Bertz CT molecular complexity index is 470. The predicted molar refractivity (Wildman–Crippen MR) is 58.5 cm³/mol. The highest BCUT2D eigenvalue weighted by Gasteiger charge is 2.16. The molecule has 0 aliphatic rings. The minimum absolute atomic E-state index is 0.386. The van der Waals surface area contributed by atoms with Crippen molar-refractivity contribution in [3.8, 4) is 0 Å². The SMILES string of the molecule is CC(C)n1cnc2c1cnc[n+]2C(C)C. The van der Waals surface area contributed by atoms with Gasteiger partial charge in [0.2, 0.25) is 6.33 Å². The van der Waals surface area contributed by atoms with Crippen molar-refractivity contribution in [3.63, 3.8) is 0 Å². The molecule has 2 aromatic rings. The quantitative estimate of drug-likeness (QED) is 0.702. The van der Waals surface area contributed by atoms with Crippen LogP contribution in [0.4, 0.5) is 0 Å². The minimum Gasteiger partial charge on any atom is -0.308 e. The van der Waals surface area contributed by atoms with Crippen LogP contribution in [0.25, 0.3) is 11.2 Å². The maximum atomic E-state index is 4.45. The van der Waals surface area contributed by atoms with Crippen molar-refractivity contribution in [2.45, 2.75) is 39.8 Å². The molecule has 0 aliphatic carbocycles. The van der Waals surface area contributed by atoms with Crippen molar-refractivity contribution in [1.29, 1.82) is 0 Å². The lowest BCUT2D eigenvalue weighted by molar-refractivity contribution is -0.695. The fourth-order valence-corrected chi connectivity index (χ4v) is 1.70. The van der Waals surface area contributed by atoms with Gasteiger partial charge in [0.1, 0.15) is 6.20 Å². The van der Waals surface area contributed by atoms with Crippen molar-refractivity contribution in [3.05, 3.63) is 18.9 Å². The van der Waals surface area contributed by atoms with Gasteiger partial charge in [0.15, 0.2) is 11.8 Å². The first-order chi connectivity index (χ1) is 7.11. The molecule has 2 aromatic heterocycles. The van der Waals surface area contributed by atoms with E-state index in [2.05, 4.69) is 46.8 Å². The van der Waals surface area contributed by atoms with Gasteiger partial charge in [0.05, 0.1) is 6.04 Å². The lowest BCUT2D eigenvalue weighted by Crippen LogP contribution is -2.37. The number of nitrogens with zero attached hydrogens (tertiary/aromatic N) is 4. The number of hydrogen-bond acceptors (Lipinski definition) is 2. The molecule has 2 heterocycles. The van der Waals surface area contributed by atoms with Gasteiger partial charge in [-0.15, -0.1) is 4.98 Å². The predicted octanol–water partition coefficient (Wildman–Crippen LogP) is 1.88.